The van der Waals surface area contributed by atoms with E-state index in [9.17, 15) is 4.79 Å². The van der Waals surface area contributed by atoms with Gasteiger partial charge in [-0.15, -0.1) is 11.3 Å². The average Bonchev–Trinajstić information content (AvgIpc) is 2.83. The van der Waals surface area contributed by atoms with Crippen LogP contribution in [0.25, 0.3) is 0 Å². The van der Waals surface area contributed by atoms with Gasteiger partial charge in [-0.25, -0.2) is 4.98 Å². The molecule has 1 aliphatic rings. The van der Waals surface area contributed by atoms with Gasteiger partial charge in [-0.05, 0) is 0 Å². The quantitative estimate of drug-likeness (QED) is 0.821. The Balaban J connectivity index is 1.87. The van der Waals surface area contributed by atoms with Crippen LogP contribution in [-0.4, -0.2) is 55.2 Å². The molecule has 16 heavy (non-hydrogen) atoms. The number of hydrogen-bond acceptors (Lipinski definition) is 5. The lowest BCUT2D eigenvalue weighted by atomic mass is 10.3. The van der Waals surface area contributed by atoms with Crippen LogP contribution in [0.5, 0.6) is 0 Å². The zero-order valence-corrected chi connectivity index (χ0v) is 10.00. The molecule has 1 aliphatic heterocycles. The van der Waals surface area contributed by atoms with Crippen LogP contribution in [0.15, 0.2) is 10.9 Å². The number of carbonyl (C=O) groups is 1. The lowest BCUT2D eigenvalue weighted by Gasteiger charge is -2.27. The normalized spacial score (nSPS) is 20.7. The summed E-state index contributed by atoms with van der Waals surface area (Å²) in [4.78, 5) is 17.5. The van der Waals surface area contributed by atoms with E-state index >= 15 is 0 Å². The summed E-state index contributed by atoms with van der Waals surface area (Å²) in [5.41, 5.74) is 2.18. The van der Waals surface area contributed by atoms with Gasteiger partial charge in [0.2, 0.25) is 0 Å². The summed E-state index contributed by atoms with van der Waals surface area (Å²) < 4.78 is 5.54. The minimum atomic E-state index is -0.0459. The van der Waals surface area contributed by atoms with Gasteiger partial charge in [0, 0.05) is 32.1 Å². The van der Waals surface area contributed by atoms with Crippen molar-refractivity contribution in [2.45, 2.75) is 6.10 Å². The fourth-order valence-electron chi connectivity index (χ4n) is 1.64. The summed E-state index contributed by atoms with van der Waals surface area (Å²) >= 11 is 1.43. The third kappa shape index (κ3) is 2.78. The largest absolute Gasteiger partial charge is 0.374 e. The summed E-state index contributed by atoms with van der Waals surface area (Å²) in [6.07, 6.45) is 0.0846. The van der Waals surface area contributed by atoms with Crippen LogP contribution in [0.4, 0.5) is 0 Å². The standard InChI is InChI=1S/C10H15N3O2S/c1-13(5-8-4-11-2-3-15-8)10(14)9-6-16-7-12-9/h6-8,11H,2-5H2,1H3. The number of aromatic nitrogens is 1. The monoisotopic (exact) mass is 241 g/mol. The highest BCUT2D eigenvalue weighted by Crippen LogP contribution is 2.06. The van der Waals surface area contributed by atoms with Crippen molar-refractivity contribution < 1.29 is 9.53 Å². The number of rotatable bonds is 3. The number of carbonyl (C=O) groups excluding carboxylic acids is 1. The molecule has 0 bridgehead atoms. The molecule has 1 saturated heterocycles. The number of hydrogen-bond donors (Lipinski definition) is 1. The molecule has 1 aromatic rings. The molecule has 0 radical (unpaired) electrons. The lowest BCUT2D eigenvalue weighted by Crippen LogP contribution is -2.45. The van der Waals surface area contributed by atoms with E-state index in [0.29, 0.717) is 18.8 Å². The third-order valence-electron chi connectivity index (χ3n) is 2.48. The van der Waals surface area contributed by atoms with Crippen LogP contribution < -0.4 is 5.32 Å². The molecule has 2 heterocycles. The number of nitrogens with one attached hydrogen (secondary N) is 1. The Kier molecular flexibility index (Phi) is 3.87. The molecule has 6 heteroatoms. The van der Waals surface area contributed by atoms with Crippen LogP contribution in [0.1, 0.15) is 10.5 Å². The first-order valence-corrected chi connectivity index (χ1v) is 6.17. The van der Waals surface area contributed by atoms with Gasteiger partial charge in [0.15, 0.2) is 0 Å². The van der Waals surface area contributed by atoms with Crippen molar-refractivity contribution in [1.29, 1.82) is 0 Å². The first kappa shape index (κ1) is 11.5. The van der Waals surface area contributed by atoms with Crippen LogP contribution in [0.3, 0.4) is 0 Å². The Morgan fingerprint density at radius 3 is 3.31 bits per heavy atom. The van der Waals surface area contributed by atoms with Crippen LogP contribution in [-0.2, 0) is 4.74 Å². The number of thiazole rings is 1. The predicted octanol–water partition coefficient (Wildman–Crippen LogP) is 0.203. The van der Waals surface area contributed by atoms with Crippen LogP contribution in [0.2, 0.25) is 0 Å². The number of morpholine rings is 1. The van der Waals surface area contributed by atoms with Crippen LogP contribution in [0, 0.1) is 0 Å². The molecule has 1 aromatic heterocycles. The maximum Gasteiger partial charge on any atom is 0.273 e. The molecule has 1 fully saturated rings. The Morgan fingerprint density at radius 1 is 1.81 bits per heavy atom. The molecule has 1 unspecified atom stereocenters. The van der Waals surface area contributed by atoms with Crippen LogP contribution >= 0.6 is 11.3 Å². The number of likely N-dealkylation sites (N-methyl/N-ethyl adjacent to an activating group) is 1. The number of nitrogens with zero attached hydrogens (tertiary/aromatic N) is 2. The highest BCUT2D eigenvalue weighted by Gasteiger charge is 2.20. The van der Waals surface area contributed by atoms with Gasteiger partial charge in [-0.3, -0.25) is 4.79 Å². The third-order valence-corrected chi connectivity index (χ3v) is 3.07. The van der Waals surface area contributed by atoms with Crippen molar-refractivity contribution in [3.05, 3.63) is 16.6 Å². The van der Waals surface area contributed by atoms with Crippen molar-refractivity contribution in [3.63, 3.8) is 0 Å². The second kappa shape index (κ2) is 5.38. The summed E-state index contributed by atoms with van der Waals surface area (Å²) in [5, 5.41) is 5.00. The number of amides is 1. The molecule has 0 saturated carbocycles. The average molecular weight is 241 g/mol. The molecular formula is C10H15N3O2S. The smallest absolute Gasteiger partial charge is 0.273 e. The van der Waals surface area contributed by atoms with Crippen molar-refractivity contribution in [2.24, 2.45) is 0 Å². The predicted molar refractivity (Wildman–Crippen MR) is 61.7 cm³/mol. The van der Waals surface area contributed by atoms with Gasteiger partial charge in [0.25, 0.3) is 5.91 Å². The van der Waals surface area contributed by atoms with E-state index in [4.69, 9.17) is 4.74 Å². The van der Waals surface area contributed by atoms with Gasteiger partial charge in [0.05, 0.1) is 18.2 Å². The first-order valence-electron chi connectivity index (χ1n) is 5.23. The van der Waals surface area contributed by atoms with E-state index in [1.807, 2.05) is 0 Å². The molecule has 0 spiro atoms. The van der Waals surface area contributed by atoms with Gasteiger partial charge in [-0.2, -0.15) is 0 Å². The van der Waals surface area contributed by atoms with Crippen molar-refractivity contribution in [3.8, 4) is 0 Å². The summed E-state index contributed by atoms with van der Waals surface area (Å²) in [5.74, 6) is -0.0459. The van der Waals surface area contributed by atoms with E-state index in [0.717, 1.165) is 13.1 Å². The maximum atomic E-state index is 11.9. The zero-order chi connectivity index (χ0) is 11.4. The van der Waals surface area contributed by atoms with Gasteiger partial charge < -0.3 is 15.0 Å². The summed E-state index contributed by atoms with van der Waals surface area (Å²) in [7, 11) is 1.78. The molecule has 88 valence electrons. The van der Waals surface area contributed by atoms with Crippen molar-refractivity contribution in [2.75, 3.05) is 33.3 Å². The van der Waals surface area contributed by atoms with Gasteiger partial charge in [0.1, 0.15) is 5.69 Å². The Hall–Kier alpha value is -0.980. The van der Waals surface area contributed by atoms with E-state index in [1.54, 1.807) is 22.8 Å². The second-order valence-corrected chi connectivity index (χ2v) is 4.47. The van der Waals surface area contributed by atoms with E-state index < -0.39 is 0 Å². The summed E-state index contributed by atoms with van der Waals surface area (Å²) in [6, 6.07) is 0. The van der Waals surface area contributed by atoms with E-state index in [2.05, 4.69) is 10.3 Å². The second-order valence-electron chi connectivity index (χ2n) is 3.76. The highest BCUT2D eigenvalue weighted by atomic mass is 32.1. The molecule has 5 nitrogen and oxygen atoms in total. The Morgan fingerprint density at radius 2 is 2.69 bits per heavy atom. The fourth-order valence-corrected chi connectivity index (χ4v) is 2.16. The molecule has 1 amide bonds. The summed E-state index contributed by atoms with van der Waals surface area (Å²) in [6.45, 7) is 3.00. The van der Waals surface area contributed by atoms with E-state index in [1.165, 1.54) is 11.3 Å². The van der Waals surface area contributed by atoms with Gasteiger partial charge >= 0.3 is 0 Å². The Bertz CT molecular complexity index is 336. The van der Waals surface area contributed by atoms with E-state index in [-0.39, 0.29) is 12.0 Å². The Labute approximate surface area is 98.4 Å². The zero-order valence-electron chi connectivity index (χ0n) is 9.18. The molecule has 2 rings (SSSR count). The molecular weight excluding hydrogens is 226 g/mol. The molecule has 0 aromatic carbocycles. The highest BCUT2D eigenvalue weighted by molar-refractivity contribution is 7.07. The van der Waals surface area contributed by atoms with Crippen molar-refractivity contribution >= 4 is 17.2 Å². The minimum Gasteiger partial charge on any atom is -0.374 e. The maximum absolute atomic E-state index is 11.9. The van der Waals surface area contributed by atoms with Gasteiger partial charge in [-0.1, -0.05) is 0 Å². The number of ether oxygens (including phenoxy) is 1. The first-order chi connectivity index (χ1) is 7.77. The lowest BCUT2D eigenvalue weighted by molar-refractivity contribution is 0.0103. The minimum absolute atomic E-state index is 0.0459. The topological polar surface area (TPSA) is 54.5 Å². The van der Waals surface area contributed by atoms with Crippen molar-refractivity contribution in [1.82, 2.24) is 15.2 Å². The molecule has 0 aliphatic carbocycles. The SMILES string of the molecule is CN(CC1CNCCO1)C(=O)c1cscn1. The molecule has 1 atom stereocenters. The fraction of sp³-hybridized carbons (Fsp3) is 0.600. The molecule has 1 N–H and O–H groups in total.